The quantitative estimate of drug-likeness (QED) is 0.0495. The minimum absolute atomic E-state index is 0.182. The van der Waals surface area contributed by atoms with Gasteiger partial charge in [-0.05, 0) is 19.3 Å². The lowest BCUT2D eigenvalue weighted by Gasteiger charge is -2.40. The number of rotatable bonds is 28. The van der Waals surface area contributed by atoms with E-state index in [9.17, 15) is 30.3 Å². The predicted molar refractivity (Wildman–Crippen MR) is 175 cm³/mol. The number of hydrogen-bond donors (Lipinski definition) is 6. The largest absolute Gasteiger partial charge is 0.394 e. The van der Waals surface area contributed by atoms with Crippen LogP contribution in [0.2, 0.25) is 0 Å². The lowest BCUT2D eigenvalue weighted by Crippen LogP contribution is -2.60. The van der Waals surface area contributed by atoms with E-state index in [1.54, 1.807) is 6.08 Å². The van der Waals surface area contributed by atoms with E-state index < -0.39 is 49.5 Å². The molecule has 1 amide bonds. The highest BCUT2D eigenvalue weighted by Crippen LogP contribution is 2.22. The Hall–Kier alpha value is -1.07. The van der Waals surface area contributed by atoms with Gasteiger partial charge in [0, 0.05) is 6.42 Å². The summed E-state index contributed by atoms with van der Waals surface area (Å²) >= 11 is 0. The maximum absolute atomic E-state index is 12.8. The molecule has 0 spiro atoms. The molecule has 0 aromatic carbocycles. The molecule has 9 nitrogen and oxygen atoms in total. The van der Waals surface area contributed by atoms with Gasteiger partial charge in [-0.1, -0.05) is 135 Å². The van der Waals surface area contributed by atoms with Gasteiger partial charge in [0.1, 0.15) is 24.4 Å². The van der Waals surface area contributed by atoms with Crippen LogP contribution in [-0.4, -0.2) is 87.5 Å². The van der Waals surface area contributed by atoms with Crippen LogP contribution in [0, 0.1) is 0 Å². The fraction of sp³-hybridized carbons (Fsp3) is 0.914. The summed E-state index contributed by atoms with van der Waals surface area (Å²) in [5, 5.41) is 53.7. The van der Waals surface area contributed by atoms with Gasteiger partial charge in [0.05, 0.1) is 25.4 Å². The van der Waals surface area contributed by atoms with E-state index in [1.807, 2.05) is 6.08 Å². The van der Waals surface area contributed by atoms with Crippen LogP contribution in [0.15, 0.2) is 12.2 Å². The molecular formula is C35H67NO8. The van der Waals surface area contributed by atoms with Crippen molar-refractivity contribution in [2.75, 3.05) is 13.2 Å². The number of nitrogens with one attached hydrogen (secondary N) is 1. The van der Waals surface area contributed by atoms with E-state index in [2.05, 4.69) is 19.2 Å². The number of aliphatic hydroxyl groups is 5. The van der Waals surface area contributed by atoms with E-state index in [0.717, 1.165) is 38.5 Å². The number of amides is 1. The monoisotopic (exact) mass is 629 g/mol. The van der Waals surface area contributed by atoms with Crippen LogP contribution in [0.1, 0.15) is 149 Å². The Balaban J connectivity index is 2.50. The summed E-state index contributed by atoms with van der Waals surface area (Å²) in [7, 11) is 0. The van der Waals surface area contributed by atoms with Crippen molar-refractivity contribution < 1.29 is 39.8 Å². The number of ether oxygens (including phenoxy) is 2. The number of aliphatic hydroxyl groups excluding tert-OH is 5. The van der Waals surface area contributed by atoms with Gasteiger partial charge in [0.15, 0.2) is 6.29 Å². The number of hydrogen-bond acceptors (Lipinski definition) is 8. The Morgan fingerprint density at radius 3 is 1.77 bits per heavy atom. The Kier molecular flexibility index (Phi) is 25.2. The molecule has 2 unspecified atom stereocenters. The molecule has 0 aromatic heterocycles. The fourth-order valence-electron chi connectivity index (χ4n) is 5.62. The molecule has 0 saturated carbocycles. The maximum Gasteiger partial charge on any atom is 0.220 e. The molecule has 0 aromatic rings. The third-order valence-electron chi connectivity index (χ3n) is 8.61. The molecule has 6 N–H and O–H groups in total. The van der Waals surface area contributed by atoms with Crippen molar-refractivity contribution in [3.63, 3.8) is 0 Å². The van der Waals surface area contributed by atoms with E-state index in [-0.39, 0.29) is 12.5 Å². The summed E-state index contributed by atoms with van der Waals surface area (Å²) in [6, 6.07) is -0.794. The fourth-order valence-corrected chi connectivity index (χ4v) is 5.62. The molecule has 1 aliphatic rings. The normalized spacial score (nSPS) is 23.7. The third-order valence-corrected chi connectivity index (χ3v) is 8.61. The molecule has 9 heteroatoms. The maximum atomic E-state index is 12.8. The number of allylic oxidation sites excluding steroid dienone is 1. The first-order valence-corrected chi connectivity index (χ1v) is 17.9. The number of carbonyl (C=O) groups excluding carboxylic acids is 1. The van der Waals surface area contributed by atoms with Crippen molar-refractivity contribution >= 4 is 5.91 Å². The summed E-state index contributed by atoms with van der Waals surface area (Å²) in [6.45, 7) is 3.71. The van der Waals surface area contributed by atoms with Gasteiger partial charge in [-0.15, -0.1) is 0 Å². The smallest absolute Gasteiger partial charge is 0.220 e. The van der Waals surface area contributed by atoms with Crippen LogP contribution in [0.5, 0.6) is 0 Å². The predicted octanol–water partition coefficient (Wildman–Crippen LogP) is 5.44. The van der Waals surface area contributed by atoms with E-state index in [4.69, 9.17) is 9.47 Å². The van der Waals surface area contributed by atoms with Gasteiger partial charge in [0.25, 0.3) is 0 Å². The minimum Gasteiger partial charge on any atom is -0.394 e. The second kappa shape index (κ2) is 27.1. The summed E-state index contributed by atoms with van der Waals surface area (Å²) < 4.78 is 11.1. The van der Waals surface area contributed by atoms with Crippen molar-refractivity contribution in [2.45, 2.75) is 192 Å². The summed E-state index contributed by atoms with van der Waals surface area (Å²) in [6.07, 6.45) is 19.7. The molecule has 1 aliphatic heterocycles. The van der Waals surface area contributed by atoms with Gasteiger partial charge in [0.2, 0.25) is 5.91 Å². The minimum atomic E-state index is -1.56. The Morgan fingerprint density at radius 1 is 0.750 bits per heavy atom. The highest BCUT2D eigenvalue weighted by atomic mass is 16.7. The molecule has 1 heterocycles. The molecular weight excluding hydrogens is 562 g/mol. The molecule has 1 saturated heterocycles. The summed E-state index contributed by atoms with van der Waals surface area (Å²) in [5.41, 5.74) is 0. The van der Waals surface area contributed by atoms with Crippen molar-refractivity contribution in [1.82, 2.24) is 5.32 Å². The molecule has 1 rings (SSSR count). The standard InChI is InChI=1S/C35H67NO8/c1-3-5-7-9-11-13-15-17-19-21-23-25-31(39)36-28(27-43-35-34(42)33(41)32(40)30(26-37)44-35)29(38)24-22-20-18-16-14-12-10-8-6-4-2/h22,24,28-30,32-35,37-38,40-42H,3-21,23,25-27H2,1-2H3,(H,36,39)/b24-22+/t28-,29+,30+,32+,33?,34?,35+/m0/s1. The van der Waals surface area contributed by atoms with Crippen LogP contribution in [-0.2, 0) is 14.3 Å². The average molecular weight is 630 g/mol. The Bertz CT molecular complexity index is 706. The van der Waals surface area contributed by atoms with E-state index in [0.29, 0.717) is 6.42 Å². The zero-order valence-electron chi connectivity index (χ0n) is 27.9. The number of unbranched alkanes of at least 4 members (excludes halogenated alkanes) is 18. The van der Waals surface area contributed by atoms with Crippen molar-refractivity contribution in [3.8, 4) is 0 Å². The lowest BCUT2D eigenvalue weighted by atomic mass is 9.99. The third kappa shape index (κ3) is 18.8. The van der Waals surface area contributed by atoms with Gasteiger partial charge >= 0.3 is 0 Å². The van der Waals surface area contributed by atoms with E-state index in [1.165, 1.54) is 89.9 Å². The molecule has 44 heavy (non-hydrogen) atoms. The van der Waals surface area contributed by atoms with Gasteiger partial charge in [-0.2, -0.15) is 0 Å². The second-order valence-corrected chi connectivity index (χ2v) is 12.7. The van der Waals surface area contributed by atoms with Gasteiger partial charge in [-0.3, -0.25) is 4.79 Å². The summed E-state index contributed by atoms with van der Waals surface area (Å²) in [4.78, 5) is 12.8. The first-order chi connectivity index (χ1) is 21.3. The highest BCUT2D eigenvalue weighted by molar-refractivity contribution is 5.76. The first-order valence-electron chi connectivity index (χ1n) is 17.9. The van der Waals surface area contributed by atoms with E-state index >= 15 is 0 Å². The SMILES string of the molecule is CCCCCCCCCC/C=C/[C@@H](O)[C@H](CO[C@@H]1O[C@H](CO)[C@@H](O)C(O)C1O)NC(=O)CCCCCCCCCCCCC. The van der Waals surface area contributed by atoms with Crippen LogP contribution in [0.3, 0.4) is 0 Å². The Labute approximate surface area is 267 Å². The topological polar surface area (TPSA) is 149 Å². The molecule has 7 atom stereocenters. The van der Waals surface area contributed by atoms with Crippen LogP contribution in [0.4, 0.5) is 0 Å². The molecule has 0 radical (unpaired) electrons. The zero-order chi connectivity index (χ0) is 32.4. The van der Waals surface area contributed by atoms with Crippen LogP contribution in [0.25, 0.3) is 0 Å². The van der Waals surface area contributed by atoms with Crippen molar-refractivity contribution in [2.24, 2.45) is 0 Å². The first kappa shape index (κ1) is 41.0. The summed E-state index contributed by atoms with van der Waals surface area (Å²) in [5.74, 6) is -0.182. The molecule has 1 fully saturated rings. The highest BCUT2D eigenvalue weighted by Gasteiger charge is 2.44. The average Bonchev–Trinajstić information content (AvgIpc) is 3.02. The molecule has 260 valence electrons. The Morgan fingerprint density at radius 2 is 1.25 bits per heavy atom. The van der Waals surface area contributed by atoms with Crippen LogP contribution >= 0.6 is 0 Å². The number of carbonyl (C=O) groups is 1. The van der Waals surface area contributed by atoms with Crippen molar-refractivity contribution in [3.05, 3.63) is 12.2 Å². The molecule has 0 aliphatic carbocycles. The lowest BCUT2D eigenvalue weighted by molar-refractivity contribution is -0.302. The molecule has 0 bridgehead atoms. The second-order valence-electron chi connectivity index (χ2n) is 12.7. The van der Waals surface area contributed by atoms with Gasteiger partial charge in [-0.25, -0.2) is 0 Å². The van der Waals surface area contributed by atoms with Crippen LogP contribution < -0.4 is 5.32 Å². The zero-order valence-corrected chi connectivity index (χ0v) is 27.9. The van der Waals surface area contributed by atoms with Gasteiger partial charge < -0.3 is 40.3 Å². The van der Waals surface area contributed by atoms with Crippen molar-refractivity contribution in [1.29, 1.82) is 0 Å².